The van der Waals surface area contributed by atoms with Gasteiger partial charge in [0, 0.05) is 0 Å². The van der Waals surface area contributed by atoms with E-state index in [1.54, 1.807) is 24.3 Å². The Balaban J connectivity index is 0.000000284. The van der Waals surface area contributed by atoms with Crippen LogP contribution in [0.1, 0.15) is 21.1 Å². The standard InChI is InChI=1S/2C5H4O2S.ClH/c2*6-5(8)4-2-1-3-7-4;/h2*1-3H,(H,6,8);1H. The van der Waals surface area contributed by atoms with Gasteiger partial charge in [-0.15, -0.1) is 12.4 Å². The number of thiol groups is 2. The fourth-order valence-corrected chi connectivity index (χ4v) is 1.05. The van der Waals surface area contributed by atoms with E-state index in [1.165, 1.54) is 12.5 Å². The molecule has 0 aliphatic carbocycles. The van der Waals surface area contributed by atoms with Gasteiger partial charge in [0.15, 0.2) is 11.5 Å². The zero-order valence-electron chi connectivity index (χ0n) is 8.40. The Kier molecular flexibility index (Phi) is 7.53. The number of halogens is 1. The van der Waals surface area contributed by atoms with Gasteiger partial charge in [-0.05, 0) is 24.3 Å². The number of rotatable bonds is 2. The van der Waals surface area contributed by atoms with Crippen LogP contribution in [-0.2, 0) is 0 Å². The normalized spacial score (nSPS) is 8.59. The molecule has 0 bridgehead atoms. The lowest BCUT2D eigenvalue weighted by atomic mass is 10.5. The number of carbonyl (C=O) groups is 2. The van der Waals surface area contributed by atoms with E-state index in [0.717, 1.165) is 0 Å². The van der Waals surface area contributed by atoms with Gasteiger partial charge in [0.2, 0.25) is 0 Å². The molecule has 0 saturated carbocycles. The summed E-state index contributed by atoms with van der Waals surface area (Å²) in [5.74, 6) is 0.571. The molecular formula is C10H9ClO4S2. The van der Waals surface area contributed by atoms with Gasteiger partial charge in [-0.2, -0.15) is 0 Å². The highest BCUT2D eigenvalue weighted by molar-refractivity contribution is 7.97. The molecule has 0 atom stereocenters. The molecule has 0 aromatic carbocycles. The fourth-order valence-electron chi connectivity index (χ4n) is 0.800. The predicted molar refractivity (Wildman–Crippen MR) is 71.3 cm³/mol. The lowest BCUT2D eigenvalue weighted by Gasteiger charge is -1.79. The van der Waals surface area contributed by atoms with Gasteiger partial charge in [-0.25, -0.2) is 0 Å². The first-order chi connectivity index (χ1) is 7.61. The van der Waals surface area contributed by atoms with E-state index in [9.17, 15) is 9.59 Å². The molecule has 0 aliphatic rings. The molecule has 2 aromatic heterocycles. The summed E-state index contributed by atoms with van der Waals surface area (Å²) in [6.07, 6.45) is 2.87. The van der Waals surface area contributed by atoms with Crippen molar-refractivity contribution in [2.75, 3.05) is 0 Å². The summed E-state index contributed by atoms with van der Waals surface area (Å²) < 4.78 is 9.34. The Morgan fingerprint density at radius 2 is 1.24 bits per heavy atom. The molecule has 0 unspecified atom stereocenters. The number of furan rings is 2. The molecule has 0 amide bonds. The highest BCUT2D eigenvalue weighted by Gasteiger charge is 1.99. The third kappa shape index (κ3) is 5.67. The first kappa shape index (κ1) is 15.9. The van der Waals surface area contributed by atoms with Crippen LogP contribution in [0.4, 0.5) is 0 Å². The molecule has 0 radical (unpaired) electrons. The van der Waals surface area contributed by atoms with Crippen LogP contribution in [0.15, 0.2) is 45.6 Å². The van der Waals surface area contributed by atoms with Crippen molar-refractivity contribution in [1.82, 2.24) is 0 Å². The maximum absolute atomic E-state index is 10.3. The van der Waals surface area contributed by atoms with Crippen LogP contribution in [0.25, 0.3) is 0 Å². The predicted octanol–water partition coefficient (Wildman–Crippen LogP) is 3.12. The Labute approximate surface area is 115 Å². The second-order valence-electron chi connectivity index (χ2n) is 2.56. The van der Waals surface area contributed by atoms with Crippen molar-refractivity contribution in [3.63, 3.8) is 0 Å². The lowest BCUT2D eigenvalue weighted by Crippen LogP contribution is -1.80. The molecule has 0 spiro atoms. The molecule has 2 aromatic rings. The molecule has 0 saturated heterocycles. The molecule has 17 heavy (non-hydrogen) atoms. The third-order valence-electron chi connectivity index (χ3n) is 1.46. The minimum atomic E-state index is -0.338. The van der Waals surface area contributed by atoms with Gasteiger partial charge in [0.1, 0.15) is 0 Å². The quantitative estimate of drug-likeness (QED) is 0.835. The molecule has 0 aliphatic heterocycles. The zero-order valence-corrected chi connectivity index (χ0v) is 11.0. The smallest absolute Gasteiger partial charge is 0.251 e. The van der Waals surface area contributed by atoms with Gasteiger partial charge < -0.3 is 8.83 Å². The largest absolute Gasteiger partial charge is 0.460 e. The van der Waals surface area contributed by atoms with E-state index < -0.39 is 0 Å². The van der Waals surface area contributed by atoms with E-state index in [-0.39, 0.29) is 34.2 Å². The molecule has 4 nitrogen and oxygen atoms in total. The minimum Gasteiger partial charge on any atom is -0.460 e. The summed E-state index contributed by atoms with van der Waals surface area (Å²) in [5.41, 5.74) is 0. The van der Waals surface area contributed by atoms with Crippen LogP contribution in [0, 0.1) is 0 Å². The van der Waals surface area contributed by atoms with Gasteiger partial charge >= 0.3 is 0 Å². The molecule has 0 N–H and O–H groups in total. The molecule has 2 rings (SSSR count). The van der Waals surface area contributed by atoms with Gasteiger partial charge in [-0.1, -0.05) is 25.3 Å². The van der Waals surface area contributed by atoms with Crippen LogP contribution < -0.4 is 0 Å². The molecule has 92 valence electrons. The SMILES string of the molecule is Cl.O=C(S)c1ccco1.O=C(S)c1ccco1. The molecular weight excluding hydrogens is 284 g/mol. The van der Waals surface area contributed by atoms with Crippen LogP contribution in [0.3, 0.4) is 0 Å². The van der Waals surface area contributed by atoms with Gasteiger partial charge in [0.25, 0.3) is 10.2 Å². The number of hydrogen-bond acceptors (Lipinski definition) is 4. The van der Waals surface area contributed by atoms with E-state index in [0.29, 0.717) is 0 Å². The van der Waals surface area contributed by atoms with Crippen LogP contribution in [0.2, 0.25) is 0 Å². The maximum Gasteiger partial charge on any atom is 0.251 e. The molecule has 7 heteroatoms. The van der Waals surface area contributed by atoms with E-state index in [4.69, 9.17) is 0 Å². The average Bonchev–Trinajstić information content (AvgIpc) is 2.93. The summed E-state index contributed by atoms with van der Waals surface area (Å²) in [6, 6.07) is 6.41. The fraction of sp³-hybridized carbons (Fsp3) is 0. The monoisotopic (exact) mass is 292 g/mol. The minimum absolute atomic E-state index is 0. The van der Waals surface area contributed by atoms with Crippen LogP contribution >= 0.6 is 37.7 Å². The Morgan fingerprint density at radius 1 is 0.882 bits per heavy atom. The summed E-state index contributed by atoms with van der Waals surface area (Å²) >= 11 is 7.04. The maximum atomic E-state index is 10.3. The second kappa shape index (κ2) is 8.05. The zero-order chi connectivity index (χ0) is 12.0. The first-order valence-electron chi connectivity index (χ1n) is 4.15. The highest BCUT2D eigenvalue weighted by atomic mass is 35.5. The Bertz CT molecular complexity index is 406. The van der Waals surface area contributed by atoms with E-state index >= 15 is 0 Å². The van der Waals surface area contributed by atoms with Crippen molar-refractivity contribution in [2.24, 2.45) is 0 Å². The van der Waals surface area contributed by atoms with Crippen molar-refractivity contribution in [1.29, 1.82) is 0 Å². The van der Waals surface area contributed by atoms with Crippen molar-refractivity contribution >= 4 is 47.9 Å². The second-order valence-corrected chi connectivity index (χ2v) is 3.38. The Hall–Kier alpha value is -1.11. The summed E-state index contributed by atoms with van der Waals surface area (Å²) in [6.45, 7) is 0. The summed E-state index contributed by atoms with van der Waals surface area (Å²) in [7, 11) is 0. The van der Waals surface area contributed by atoms with Crippen LogP contribution in [0.5, 0.6) is 0 Å². The van der Waals surface area contributed by atoms with Crippen molar-refractivity contribution < 1.29 is 18.4 Å². The highest BCUT2D eigenvalue weighted by Crippen LogP contribution is 2.02. The summed E-state index contributed by atoms with van der Waals surface area (Å²) in [5, 5.41) is -0.676. The van der Waals surface area contributed by atoms with Crippen molar-refractivity contribution in [3.05, 3.63) is 48.3 Å². The average molecular weight is 293 g/mol. The number of carbonyl (C=O) groups excluding carboxylic acids is 2. The molecule has 0 fully saturated rings. The topological polar surface area (TPSA) is 60.4 Å². The van der Waals surface area contributed by atoms with E-state index in [2.05, 4.69) is 34.1 Å². The van der Waals surface area contributed by atoms with Crippen molar-refractivity contribution in [2.45, 2.75) is 0 Å². The van der Waals surface area contributed by atoms with Gasteiger partial charge in [-0.3, -0.25) is 9.59 Å². The Morgan fingerprint density at radius 3 is 1.35 bits per heavy atom. The summed E-state index contributed by atoms with van der Waals surface area (Å²) in [4.78, 5) is 20.6. The third-order valence-corrected chi connectivity index (χ3v) is 1.90. The molecule has 2 heterocycles. The van der Waals surface area contributed by atoms with E-state index in [1.807, 2.05) is 0 Å². The van der Waals surface area contributed by atoms with Crippen molar-refractivity contribution in [3.8, 4) is 0 Å². The lowest BCUT2D eigenvalue weighted by molar-refractivity contribution is 0.106. The number of hydrogen-bond donors (Lipinski definition) is 2. The first-order valence-corrected chi connectivity index (χ1v) is 5.04. The van der Waals surface area contributed by atoms with Gasteiger partial charge in [0.05, 0.1) is 12.5 Å². The van der Waals surface area contributed by atoms with Crippen LogP contribution in [-0.4, -0.2) is 10.2 Å².